The summed E-state index contributed by atoms with van der Waals surface area (Å²) in [6.45, 7) is 4.26. The van der Waals surface area contributed by atoms with Gasteiger partial charge in [0.05, 0.1) is 0 Å². The van der Waals surface area contributed by atoms with Crippen molar-refractivity contribution >= 4 is 17.7 Å². The minimum atomic E-state index is -0.605. The molecule has 188 valence electrons. The Balaban J connectivity index is 1.12. The number of fused-ring (bicyclic) bond motifs is 1. The monoisotopic (exact) mass is 489 g/mol. The molecule has 36 heavy (non-hydrogen) atoms. The van der Waals surface area contributed by atoms with Gasteiger partial charge in [-0.15, -0.1) is 0 Å². The van der Waals surface area contributed by atoms with Crippen LogP contribution in [-0.4, -0.2) is 68.8 Å². The summed E-state index contributed by atoms with van der Waals surface area (Å²) in [7, 11) is 0. The van der Waals surface area contributed by atoms with Crippen LogP contribution >= 0.6 is 0 Å². The molecule has 4 heterocycles. The van der Waals surface area contributed by atoms with Gasteiger partial charge in [-0.1, -0.05) is 6.42 Å². The normalized spacial score (nSPS) is 27.0. The van der Waals surface area contributed by atoms with E-state index in [1.54, 1.807) is 4.90 Å². The fourth-order valence-corrected chi connectivity index (χ4v) is 6.04. The van der Waals surface area contributed by atoms with E-state index >= 15 is 0 Å². The molecule has 1 unspecified atom stereocenters. The van der Waals surface area contributed by atoms with Crippen molar-refractivity contribution in [3.63, 3.8) is 0 Å². The van der Waals surface area contributed by atoms with Gasteiger partial charge in [-0.2, -0.15) is 0 Å². The van der Waals surface area contributed by atoms with E-state index in [9.17, 15) is 14.4 Å². The second-order valence-corrected chi connectivity index (χ2v) is 10.4. The summed E-state index contributed by atoms with van der Waals surface area (Å²) in [6.07, 6.45) is 7.01. The minimum absolute atomic E-state index is 0.0968. The number of rotatable bonds is 5. The van der Waals surface area contributed by atoms with Crippen LogP contribution in [-0.2, 0) is 16.1 Å². The van der Waals surface area contributed by atoms with Crippen molar-refractivity contribution < 1.29 is 19.1 Å². The number of imide groups is 1. The van der Waals surface area contributed by atoms with Crippen molar-refractivity contribution in [2.75, 3.05) is 13.1 Å². The molecule has 3 aliphatic heterocycles. The lowest BCUT2D eigenvalue weighted by Gasteiger charge is -2.47. The van der Waals surface area contributed by atoms with Gasteiger partial charge < -0.3 is 9.64 Å². The van der Waals surface area contributed by atoms with Gasteiger partial charge in [0.15, 0.2) is 0 Å². The topological polar surface area (TPSA) is 105 Å². The van der Waals surface area contributed by atoms with E-state index in [1.807, 2.05) is 37.4 Å². The molecule has 6 rings (SSSR count). The minimum Gasteiger partial charge on any atom is -0.489 e. The number of hydrogen-bond acceptors (Lipinski definition) is 7. The molecular weight excluding hydrogens is 458 g/mol. The molecule has 1 aromatic heterocycles. The number of aryl methyl sites for hydroxylation is 1. The molecule has 0 bridgehead atoms. The highest BCUT2D eigenvalue weighted by atomic mass is 16.5. The number of nitrogens with one attached hydrogen (secondary N) is 1. The standard InChI is InChI=1S/C27H31N5O4/c1-16-10-11-28-25(29-16)18-13-31(14-18)21-4-2-3-5-23(21)36-19-6-7-20-17(12-19)15-32(27(20)35)22-8-9-24(33)30-26(22)34/h6-7,10-12,18,21-23H,2-5,8-9,13-15H2,1H3,(H,30,33,34)/t21-,22?,23+/m0/s1. The van der Waals surface area contributed by atoms with E-state index in [1.165, 1.54) is 6.42 Å². The maximum atomic E-state index is 13.0. The first-order chi connectivity index (χ1) is 17.5. The molecule has 3 amide bonds. The fourth-order valence-electron chi connectivity index (χ4n) is 6.04. The number of hydrogen-bond donors (Lipinski definition) is 1. The van der Waals surface area contributed by atoms with Gasteiger partial charge in [0, 0.05) is 55.5 Å². The van der Waals surface area contributed by atoms with Gasteiger partial charge in [0.25, 0.3) is 5.91 Å². The van der Waals surface area contributed by atoms with Gasteiger partial charge in [-0.3, -0.25) is 24.6 Å². The van der Waals surface area contributed by atoms with Crippen LogP contribution in [0.4, 0.5) is 0 Å². The third-order valence-electron chi connectivity index (χ3n) is 8.01. The molecule has 3 atom stereocenters. The largest absolute Gasteiger partial charge is 0.489 e. The summed E-state index contributed by atoms with van der Waals surface area (Å²) >= 11 is 0. The van der Waals surface area contributed by atoms with Crippen LogP contribution < -0.4 is 10.1 Å². The zero-order valence-electron chi connectivity index (χ0n) is 20.5. The van der Waals surface area contributed by atoms with Crippen LogP contribution in [0.25, 0.3) is 0 Å². The Labute approximate surface area is 210 Å². The Morgan fingerprint density at radius 2 is 1.89 bits per heavy atom. The number of carbonyl (C=O) groups is 3. The van der Waals surface area contributed by atoms with E-state index in [4.69, 9.17) is 4.74 Å². The molecule has 3 fully saturated rings. The van der Waals surface area contributed by atoms with Crippen LogP contribution in [0.2, 0.25) is 0 Å². The van der Waals surface area contributed by atoms with Crippen molar-refractivity contribution in [1.29, 1.82) is 0 Å². The molecule has 4 aliphatic rings. The smallest absolute Gasteiger partial charge is 0.255 e. The van der Waals surface area contributed by atoms with Crippen LogP contribution in [0.3, 0.4) is 0 Å². The Bertz CT molecular complexity index is 1210. The Morgan fingerprint density at radius 1 is 1.06 bits per heavy atom. The van der Waals surface area contributed by atoms with Gasteiger partial charge >= 0.3 is 0 Å². The van der Waals surface area contributed by atoms with Crippen LogP contribution in [0.5, 0.6) is 5.75 Å². The van der Waals surface area contributed by atoms with E-state index in [0.717, 1.165) is 55.2 Å². The first kappa shape index (κ1) is 23.1. The summed E-state index contributed by atoms with van der Waals surface area (Å²) < 4.78 is 6.53. The molecule has 0 spiro atoms. The molecule has 9 heteroatoms. The molecule has 1 aromatic carbocycles. The number of carbonyl (C=O) groups excluding carboxylic acids is 3. The molecule has 2 aromatic rings. The van der Waals surface area contributed by atoms with Crippen molar-refractivity contribution in [2.45, 2.75) is 76.1 Å². The second-order valence-electron chi connectivity index (χ2n) is 10.4. The first-order valence-corrected chi connectivity index (χ1v) is 12.9. The van der Waals surface area contributed by atoms with Crippen LogP contribution in [0.15, 0.2) is 30.5 Å². The summed E-state index contributed by atoms with van der Waals surface area (Å²) in [4.78, 5) is 50.0. The highest BCUT2D eigenvalue weighted by Gasteiger charge is 2.41. The number of nitrogens with zero attached hydrogens (tertiary/aromatic N) is 4. The lowest BCUT2D eigenvalue weighted by molar-refractivity contribution is -0.136. The molecule has 1 aliphatic carbocycles. The lowest BCUT2D eigenvalue weighted by Crippen LogP contribution is -2.57. The molecule has 9 nitrogen and oxygen atoms in total. The predicted octanol–water partition coefficient (Wildman–Crippen LogP) is 2.34. The fraction of sp³-hybridized carbons (Fsp3) is 0.519. The van der Waals surface area contributed by atoms with Gasteiger partial charge in [0.1, 0.15) is 23.7 Å². The molecular formula is C27H31N5O4. The van der Waals surface area contributed by atoms with E-state index < -0.39 is 11.9 Å². The van der Waals surface area contributed by atoms with Crippen molar-refractivity contribution in [1.82, 2.24) is 25.1 Å². The highest BCUT2D eigenvalue weighted by Crippen LogP contribution is 2.36. The first-order valence-electron chi connectivity index (χ1n) is 12.9. The summed E-state index contributed by atoms with van der Waals surface area (Å²) in [6, 6.07) is 7.31. The summed E-state index contributed by atoms with van der Waals surface area (Å²) in [5, 5.41) is 2.35. The quantitative estimate of drug-likeness (QED) is 0.643. The maximum Gasteiger partial charge on any atom is 0.255 e. The molecule has 2 saturated heterocycles. The third kappa shape index (κ3) is 4.25. The van der Waals surface area contributed by atoms with E-state index in [-0.39, 0.29) is 24.3 Å². The lowest BCUT2D eigenvalue weighted by atomic mass is 9.86. The number of likely N-dealkylation sites (tertiary alicyclic amines) is 1. The molecule has 1 saturated carbocycles. The zero-order valence-corrected chi connectivity index (χ0v) is 20.5. The SMILES string of the molecule is Cc1ccnc(C2CN([C@H]3CCCC[C@H]3Oc3ccc4c(c3)CN(C3CCC(=O)NC3=O)C4=O)C2)n1. The van der Waals surface area contributed by atoms with E-state index in [0.29, 0.717) is 30.5 Å². The molecule has 0 radical (unpaired) electrons. The molecule has 1 N–H and O–H groups in total. The van der Waals surface area contributed by atoms with Crippen molar-refractivity contribution in [3.8, 4) is 5.75 Å². The average molecular weight is 490 g/mol. The summed E-state index contributed by atoms with van der Waals surface area (Å²) in [5.41, 5.74) is 2.48. The summed E-state index contributed by atoms with van der Waals surface area (Å²) in [5.74, 6) is 1.24. The highest BCUT2D eigenvalue weighted by molar-refractivity contribution is 6.05. The third-order valence-corrected chi connectivity index (χ3v) is 8.01. The zero-order chi connectivity index (χ0) is 24.8. The van der Waals surface area contributed by atoms with Crippen LogP contribution in [0.1, 0.15) is 71.9 Å². The number of ether oxygens (including phenoxy) is 1. The Hall–Kier alpha value is -3.33. The Morgan fingerprint density at radius 3 is 2.69 bits per heavy atom. The number of benzene rings is 1. The van der Waals surface area contributed by atoms with Gasteiger partial charge in [-0.05, 0) is 62.4 Å². The van der Waals surface area contributed by atoms with Crippen molar-refractivity contribution in [3.05, 3.63) is 53.1 Å². The predicted molar refractivity (Wildman–Crippen MR) is 130 cm³/mol. The number of aromatic nitrogens is 2. The van der Waals surface area contributed by atoms with Crippen molar-refractivity contribution in [2.24, 2.45) is 0 Å². The maximum absolute atomic E-state index is 13.0. The Kier molecular flexibility index (Phi) is 5.95. The second kappa shape index (κ2) is 9.28. The van der Waals surface area contributed by atoms with Gasteiger partial charge in [-0.25, -0.2) is 9.97 Å². The average Bonchev–Trinajstić information content (AvgIpc) is 3.15. The number of amides is 3. The number of piperidine rings is 1. The van der Waals surface area contributed by atoms with Gasteiger partial charge in [0.2, 0.25) is 11.8 Å². The van der Waals surface area contributed by atoms with E-state index in [2.05, 4.69) is 20.2 Å². The van der Waals surface area contributed by atoms with Crippen LogP contribution in [0, 0.1) is 6.92 Å².